The molecular formula is C21H28N2O. The Hall–Kier alpha value is -2.00. The van der Waals surface area contributed by atoms with Gasteiger partial charge in [0, 0.05) is 30.7 Å². The lowest BCUT2D eigenvalue weighted by Gasteiger charge is -2.38. The lowest BCUT2D eigenvalue weighted by molar-refractivity contribution is 0.340. The van der Waals surface area contributed by atoms with E-state index in [0.717, 1.165) is 25.3 Å². The summed E-state index contributed by atoms with van der Waals surface area (Å²) < 4.78 is 5.54. The Bertz CT molecular complexity index is 681. The lowest BCUT2D eigenvalue weighted by atomic mass is 9.87. The third kappa shape index (κ3) is 3.73. The number of benzene rings is 2. The summed E-state index contributed by atoms with van der Waals surface area (Å²) in [7, 11) is 0. The normalized spacial score (nSPS) is 20.9. The smallest absolute Gasteiger partial charge is 0.119 e. The van der Waals surface area contributed by atoms with E-state index in [1.54, 1.807) is 0 Å². The van der Waals surface area contributed by atoms with Crippen molar-refractivity contribution >= 4 is 5.69 Å². The molecule has 3 heteroatoms. The van der Waals surface area contributed by atoms with Gasteiger partial charge < -0.3 is 15.4 Å². The summed E-state index contributed by atoms with van der Waals surface area (Å²) in [5.74, 6) is 1.41. The molecule has 0 aliphatic carbocycles. The second-order valence-corrected chi connectivity index (χ2v) is 6.87. The Balaban J connectivity index is 1.78. The molecule has 2 N–H and O–H groups in total. The Morgan fingerprint density at radius 2 is 1.79 bits per heavy atom. The van der Waals surface area contributed by atoms with Crippen molar-refractivity contribution in [3.63, 3.8) is 0 Å². The van der Waals surface area contributed by atoms with Crippen LogP contribution in [0.25, 0.3) is 0 Å². The van der Waals surface area contributed by atoms with Gasteiger partial charge in [-0.05, 0) is 68.1 Å². The highest BCUT2D eigenvalue weighted by Gasteiger charge is 2.26. The van der Waals surface area contributed by atoms with Gasteiger partial charge in [-0.1, -0.05) is 18.2 Å². The maximum absolute atomic E-state index is 6.37. The lowest BCUT2D eigenvalue weighted by Crippen LogP contribution is -2.46. The van der Waals surface area contributed by atoms with Gasteiger partial charge in [0.25, 0.3) is 0 Å². The van der Waals surface area contributed by atoms with Crippen LogP contribution >= 0.6 is 0 Å². The van der Waals surface area contributed by atoms with Crippen LogP contribution in [0.3, 0.4) is 0 Å². The van der Waals surface area contributed by atoms with E-state index >= 15 is 0 Å². The highest BCUT2D eigenvalue weighted by Crippen LogP contribution is 2.31. The maximum atomic E-state index is 6.37. The first kappa shape index (κ1) is 16.8. The molecule has 128 valence electrons. The van der Waals surface area contributed by atoms with Crippen molar-refractivity contribution in [1.82, 2.24) is 0 Å². The van der Waals surface area contributed by atoms with Crippen LogP contribution in [0.1, 0.15) is 36.0 Å². The quantitative estimate of drug-likeness (QED) is 0.923. The number of rotatable bonds is 4. The SMILES string of the molecule is CCOc1ccc(N2CC(N)CC(c3ccc(C)c(C)c3)C2)cc1. The molecule has 0 amide bonds. The van der Waals surface area contributed by atoms with Gasteiger partial charge in [-0.15, -0.1) is 0 Å². The molecule has 1 heterocycles. The second-order valence-electron chi connectivity index (χ2n) is 6.87. The summed E-state index contributed by atoms with van der Waals surface area (Å²) >= 11 is 0. The molecule has 0 saturated carbocycles. The first-order chi connectivity index (χ1) is 11.6. The summed E-state index contributed by atoms with van der Waals surface area (Å²) in [6, 6.07) is 15.4. The van der Waals surface area contributed by atoms with Crippen molar-refractivity contribution in [2.24, 2.45) is 5.73 Å². The Kier molecular flexibility index (Phi) is 5.10. The molecule has 3 nitrogen and oxygen atoms in total. The predicted molar refractivity (Wildman–Crippen MR) is 101 cm³/mol. The maximum Gasteiger partial charge on any atom is 0.119 e. The second kappa shape index (κ2) is 7.27. The summed E-state index contributed by atoms with van der Waals surface area (Å²) in [5, 5.41) is 0. The van der Waals surface area contributed by atoms with Gasteiger partial charge >= 0.3 is 0 Å². The zero-order valence-corrected chi connectivity index (χ0v) is 15.0. The molecule has 24 heavy (non-hydrogen) atoms. The summed E-state index contributed by atoms with van der Waals surface area (Å²) in [5.41, 5.74) is 11.7. The van der Waals surface area contributed by atoms with Crippen molar-refractivity contribution < 1.29 is 4.74 Å². The predicted octanol–water partition coefficient (Wildman–Crippen LogP) is 4.02. The number of ether oxygens (including phenoxy) is 1. The van der Waals surface area contributed by atoms with Crippen LogP contribution < -0.4 is 15.4 Å². The van der Waals surface area contributed by atoms with Crippen molar-refractivity contribution in [3.05, 3.63) is 59.2 Å². The van der Waals surface area contributed by atoms with E-state index in [-0.39, 0.29) is 6.04 Å². The number of hydrogen-bond acceptors (Lipinski definition) is 3. The molecule has 1 aliphatic heterocycles. The van der Waals surface area contributed by atoms with Gasteiger partial charge in [-0.2, -0.15) is 0 Å². The van der Waals surface area contributed by atoms with Crippen LogP contribution in [0.2, 0.25) is 0 Å². The monoisotopic (exact) mass is 324 g/mol. The number of piperidine rings is 1. The van der Waals surface area contributed by atoms with Gasteiger partial charge in [-0.25, -0.2) is 0 Å². The van der Waals surface area contributed by atoms with E-state index < -0.39 is 0 Å². The standard InChI is InChI=1S/C21H28N2O/c1-4-24-21-9-7-20(8-10-21)23-13-18(12-19(22)14-23)17-6-5-15(2)16(3)11-17/h5-11,18-19H,4,12-14,22H2,1-3H3. The minimum Gasteiger partial charge on any atom is -0.494 e. The van der Waals surface area contributed by atoms with Crippen LogP contribution in [0.15, 0.2) is 42.5 Å². The van der Waals surface area contributed by atoms with Crippen molar-refractivity contribution in [2.45, 2.75) is 39.2 Å². The van der Waals surface area contributed by atoms with Crippen molar-refractivity contribution in [1.29, 1.82) is 0 Å². The van der Waals surface area contributed by atoms with Crippen LogP contribution in [0.4, 0.5) is 5.69 Å². The molecule has 0 bridgehead atoms. The topological polar surface area (TPSA) is 38.5 Å². The minimum atomic E-state index is 0.205. The van der Waals surface area contributed by atoms with Gasteiger partial charge in [0.2, 0.25) is 0 Å². The molecule has 2 unspecified atom stereocenters. The number of aryl methyl sites for hydroxylation is 2. The van der Waals surface area contributed by atoms with Crippen LogP contribution in [-0.2, 0) is 0 Å². The highest BCUT2D eigenvalue weighted by atomic mass is 16.5. The van der Waals surface area contributed by atoms with E-state index in [9.17, 15) is 0 Å². The molecule has 1 fully saturated rings. The minimum absolute atomic E-state index is 0.205. The molecule has 3 rings (SSSR count). The van der Waals surface area contributed by atoms with Gasteiger partial charge in [0.15, 0.2) is 0 Å². The average Bonchev–Trinajstić information content (AvgIpc) is 2.58. The fraction of sp³-hybridized carbons (Fsp3) is 0.429. The number of nitrogens with two attached hydrogens (primary N) is 1. The van der Waals surface area contributed by atoms with Crippen LogP contribution in [0, 0.1) is 13.8 Å². The molecule has 2 aromatic carbocycles. The number of hydrogen-bond donors (Lipinski definition) is 1. The van der Waals surface area contributed by atoms with Gasteiger partial charge in [0.1, 0.15) is 5.75 Å². The van der Waals surface area contributed by atoms with E-state index in [0.29, 0.717) is 12.5 Å². The molecule has 0 spiro atoms. The van der Waals surface area contributed by atoms with Gasteiger partial charge in [-0.3, -0.25) is 0 Å². The van der Waals surface area contributed by atoms with Crippen molar-refractivity contribution in [3.8, 4) is 5.75 Å². The van der Waals surface area contributed by atoms with E-state index in [2.05, 4.69) is 49.1 Å². The van der Waals surface area contributed by atoms with Gasteiger partial charge in [0.05, 0.1) is 6.61 Å². The Morgan fingerprint density at radius 1 is 1.04 bits per heavy atom. The molecular weight excluding hydrogens is 296 g/mol. The molecule has 1 saturated heterocycles. The average molecular weight is 324 g/mol. The third-order valence-electron chi connectivity index (χ3n) is 5.00. The van der Waals surface area contributed by atoms with Crippen LogP contribution in [-0.4, -0.2) is 25.7 Å². The largest absolute Gasteiger partial charge is 0.494 e. The molecule has 0 radical (unpaired) electrons. The summed E-state index contributed by atoms with van der Waals surface area (Å²) in [6.07, 6.45) is 1.05. The Morgan fingerprint density at radius 3 is 2.46 bits per heavy atom. The van der Waals surface area contributed by atoms with Crippen LogP contribution in [0.5, 0.6) is 5.75 Å². The fourth-order valence-electron chi connectivity index (χ4n) is 3.53. The zero-order valence-electron chi connectivity index (χ0n) is 15.0. The number of nitrogens with zero attached hydrogens (tertiary/aromatic N) is 1. The summed E-state index contributed by atoms with van der Waals surface area (Å²) in [6.45, 7) is 8.98. The molecule has 2 aromatic rings. The highest BCUT2D eigenvalue weighted by molar-refractivity contribution is 5.50. The molecule has 2 atom stereocenters. The first-order valence-electron chi connectivity index (χ1n) is 8.87. The molecule has 0 aromatic heterocycles. The van der Waals surface area contributed by atoms with Crippen molar-refractivity contribution in [2.75, 3.05) is 24.6 Å². The zero-order chi connectivity index (χ0) is 17.1. The number of anilines is 1. The van der Waals surface area contributed by atoms with E-state index in [4.69, 9.17) is 10.5 Å². The first-order valence-corrected chi connectivity index (χ1v) is 8.87. The van der Waals surface area contributed by atoms with E-state index in [1.165, 1.54) is 22.4 Å². The Labute approximate surface area is 145 Å². The fourth-order valence-corrected chi connectivity index (χ4v) is 3.53. The summed E-state index contributed by atoms with van der Waals surface area (Å²) in [4.78, 5) is 2.41. The third-order valence-corrected chi connectivity index (χ3v) is 5.00. The molecule has 1 aliphatic rings. The van der Waals surface area contributed by atoms with E-state index in [1.807, 2.05) is 19.1 Å².